The number of sulfonamides is 2. The minimum absolute atomic E-state index is 0.0268. The molecule has 1 saturated heterocycles. The van der Waals surface area contributed by atoms with Gasteiger partial charge in [0.2, 0.25) is 20.0 Å². The summed E-state index contributed by atoms with van der Waals surface area (Å²) in [6, 6.07) is 8.84. The smallest absolute Gasteiger partial charge is 0.243 e. The zero-order chi connectivity index (χ0) is 18.6. The maximum absolute atomic E-state index is 12.6. The van der Waals surface area contributed by atoms with E-state index in [1.54, 1.807) is 24.5 Å². The van der Waals surface area contributed by atoms with Gasteiger partial charge in [0.15, 0.2) is 0 Å². The molecular weight excluding hydrogens is 374 g/mol. The molecule has 26 heavy (non-hydrogen) atoms. The highest BCUT2D eigenvalue weighted by Crippen LogP contribution is 2.22. The first-order chi connectivity index (χ1) is 12.4. The molecule has 0 atom stereocenters. The van der Waals surface area contributed by atoms with Gasteiger partial charge in [-0.3, -0.25) is 4.98 Å². The molecule has 7 nitrogen and oxygen atoms in total. The van der Waals surface area contributed by atoms with Crippen molar-refractivity contribution in [3.63, 3.8) is 0 Å². The van der Waals surface area contributed by atoms with Crippen LogP contribution >= 0.6 is 0 Å². The highest BCUT2D eigenvalue weighted by Gasteiger charge is 2.26. The van der Waals surface area contributed by atoms with Crippen LogP contribution in [-0.4, -0.2) is 39.2 Å². The van der Waals surface area contributed by atoms with Crippen molar-refractivity contribution in [1.29, 1.82) is 0 Å². The standard InChI is InChI=1S/C17H21N3O4S2/c21-25(22,19-14-15-5-4-10-18-13-15)16-6-8-17(9-7-16)26(23,24)20-11-2-1-3-12-20/h4-10,13,19H,1-3,11-12,14H2. The van der Waals surface area contributed by atoms with Crippen LogP contribution in [0.3, 0.4) is 0 Å². The summed E-state index contributed by atoms with van der Waals surface area (Å²) in [5.74, 6) is 0. The molecule has 0 saturated carbocycles. The molecule has 2 heterocycles. The van der Waals surface area contributed by atoms with E-state index in [1.165, 1.54) is 28.6 Å². The van der Waals surface area contributed by atoms with Gasteiger partial charge in [0.1, 0.15) is 0 Å². The molecule has 1 aromatic carbocycles. The van der Waals surface area contributed by atoms with Gasteiger partial charge in [0, 0.05) is 32.0 Å². The van der Waals surface area contributed by atoms with Crippen molar-refractivity contribution in [2.45, 2.75) is 35.6 Å². The Bertz CT molecular complexity index is 937. The number of hydrogen-bond donors (Lipinski definition) is 1. The highest BCUT2D eigenvalue weighted by atomic mass is 32.2. The molecule has 1 N–H and O–H groups in total. The fraction of sp³-hybridized carbons (Fsp3) is 0.353. The number of nitrogens with one attached hydrogen (secondary N) is 1. The molecule has 9 heteroatoms. The van der Waals surface area contributed by atoms with Gasteiger partial charge < -0.3 is 0 Å². The van der Waals surface area contributed by atoms with E-state index in [4.69, 9.17) is 0 Å². The maximum atomic E-state index is 12.6. The summed E-state index contributed by atoms with van der Waals surface area (Å²) in [5, 5.41) is 0. The van der Waals surface area contributed by atoms with Crippen molar-refractivity contribution < 1.29 is 16.8 Å². The molecule has 1 aromatic heterocycles. The van der Waals surface area contributed by atoms with E-state index in [1.807, 2.05) is 0 Å². The van der Waals surface area contributed by atoms with Crippen LogP contribution in [0.4, 0.5) is 0 Å². The van der Waals surface area contributed by atoms with Crippen LogP contribution in [0.1, 0.15) is 24.8 Å². The van der Waals surface area contributed by atoms with Crippen LogP contribution in [0.5, 0.6) is 0 Å². The molecule has 0 radical (unpaired) electrons. The minimum Gasteiger partial charge on any atom is -0.264 e. The third kappa shape index (κ3) is 4.29. The topological polar surface area (TPSA) is 96.4 Å². The SMILES string of the molecule is O=S(=O)(NCc1cccnc1)c1ccc(S(=O)(=O)N2CCCCC2)cc1. The molecule has 2 aromatic rings. The van der Waals surface area contributed by atoms with Gasteiger partial charge in [-0.1, -0.05) is 12.5 Å². The van der Waals surface area contributed by atoms with Crippen molar-refractivity contribution in [3.05, 3.63) is 54.4 Å². The molecule has 140 valence electrons. The molecule has 1 aliphatic rings. The summed E-state index contributed by atoms with van der Waals surface area (Å²) in [6.45, 7) is 1.13. The molecule has 0 aliphatic carbocycles. The van der Waals surface area contributed by atoms with E-state index >= 15 is 0 Å². The quantitative estimate of drug-likeness (QED) is 0.804. The summed E-state index contributed by atoms with van der Waals surface area (Å²) in [4.78, 5) is 4.08. The summed E-state index contributed by atoms with van der Waals surface area (Å²) in [6.07, 6.45) is 5.93. The van der Waals surface area contributed by atoms with Crippen LogP contribution in [0.25, 0.3) is 0 Å². The summed E-state index contributed by atoms with van der Waals surface area (Å²) in [7, 11) is -7.30. The third-order valence-corrected chi connectivity index (χ3v) is 7.61. The Balaban J connectivity index is 1.74. The highest BCUT2D eigenvalue weighted by molar-refractivity contribution is 7.89. The van der Waals surface area contributed by atoms with E-state index < -0.39 is 20.0 Å². The third-order valence-electron chi connectivity index (χ3n) is 4.28. The first-order valence-electron chi connectivity index (χ1n) is 8.38. The Morgan fingerprint density at radius 3 is 2.19 bits per heavy atom. The lowest BCUT2D eigenvalue weighted by molar-refractivity contribution is 0.346. The predicted octanol–water partition coefficient (Wildman–Crippen LogP) is 1.73. The van der Waals surface area contributed by atoms with E-state index in [2.05, 4.69) is 9.71 Å². The zero-order valence-electron chi connectivity index (χ0n) is 14.2. The van der Waals surface area contributed by atoms with E-state index in [-0.39, 0.29) is 16.3 Å². The number of benzene rings is 1. The second-order valence-electron chi connectivity index (χ2n) is 6.12. The van der Waals surface area contributed by atoms with Gasteiger partial charge in [-0.25, -0.2) is 21.6 Å². The Morgan fingerprint density at radius 1 is 0.923 bits per heavy atom. The predicted molar refractivity (Wildman–Crippen MR) is 97.3 cm³/mol. The fourth-order valence-electron chi connectivity index (χ4n) is 2.81. The van der Waals surface area contributed by atoms with E-state index in [0.29, 0.717) is 13.1 Å². The molecule has 0 bridgehead atoms. The Labute approximate surface area is 154 Å². The Kier molecular flexibility index (Phi) is 5.71. The molecule has 3 rings (SSSR count). The Hall–Kier alpha value is -1.81. The van der Waals surface area contributed by atoms with Gasteiger partial charge >= 0.3 is 0 Å². The van der Waals surface area contributed by atoms with Crippen LogP contribution in [0.2, 0.25) is 0 Å². The fourth-order valence-corrected chi connectivity index (χ4v) is 5.34. The number of aromatic nitrogens is 1. The van der Waals surface area contributed by atoms with Crippen LogP contribution < -0.4 is 4.72 Å². The van der Waals surface area contributed by atoms with Crippen molar-refractivity contribution in [3.8, 4) is 0 Å². The first-order valence-corrected chi connectivity index (χ1v) is 11.3. The molecular formula is C17H21N3O4S2. The van der Waals surface area contributed by atoms with Gasteiger partial charge in [-0.15, -0.1) is 0 Å². The minimum atomic E-state index is -3.73. The summed E-state index contributed by atoms with van der Waals surface area (Å²) < 4.78 is 53.9. The lowest BCUT2D eigenvalue weighted by Crippen LogP contribution is -2.35. The monoisotopic (exact) mass is 395 g/mol. The van der Waals surface area contributed by atoms with Crippen molar-refractivity contribution in [1.82, 2.24) is 14.0 Å². The van der Waals surface area contributed by atoms with Crippen LogP contribution in [0, 0.1) is 0 Å². The van der Waals surface area contributed by atoms with Crippen molar-refractivity contribution in [2.75, 3.05) is 13.1 Å². The molecule has 1 fully saturated rings. The first kappa shape index (κ1) is 19.0. The maximum Gasteiger partial charge on any atom is 0.243 e. The lowest BCUT2D eigenvalue weighted by atomic mass is 10.2. The lowest BCUT2D eigenvalue weighted by Gasteiger charge is -2.25. The van der Waals surface area contributed by atoms with Crippen LogP contribution in [0.15, 0.2) is 58.6 Å². The van der Waals surface area contributed by atoms with Crippen LogP contribution in [-0.2, 0) is 26.6 Å². The number of rotatable bonds is 6. The van der Waals surface area contributed by atoms with Crippen molar-refractivity contribution in [2.24, 2.45) is 0 Å². The van der Waals surface area contributed by atoms with Gasteiger partial charge in [0.25, 0.3) is 0 Å². The zero-order valence-corrected chi connectivity index (χ0v) is 15.8. The van der Waals surface area contributed by atoms with E-state index in [0.717, 1.165) is 24.8 Å². The summed E-state index contributed by atoms with van der Waals surface area (Å²) in [5.41, 5.74) is 0.736. The number of pyridine rings is 1. The van der Waals surface area contributed by atoms with Gasteiger partial charge in [-0.05, 0) is 48.7 Å². The average molecular weight is 396 g/mol. The molecule has 1 aliphatic heterocycles. The Morgan fingerprint density at radius 2 is 1.58 bits per heavy atom. The van der Waals surface area contributed by atoms with Gasteiger partial charge in [0.05, 0.1) is 9.79 Å². The molecule has 0 unspecified atom stereocenters. The second kappa shape index (κ2) is 7.83. The second-order valence-corrected chi connectivity index (χ2v) is 9.83. The molecule has 0 spiro atoms. The van der Waals surface area contributed by atoms with Crippen molar-refractivity contribution >= 4 is 20.0 Å². The number of nitrogens with zero attached hydrogens (tertiary/aromatic N) is 2. The molecule has 0 amide bonds. The normalized spacial score (nSPS) is 16.5. The number of hydrogen-bond acceptors (Lipinski definition) is 5. The summed E-state index contributed by atoms with van der Waals surface area (Å²) >= 11 is 0. The number of piperidine rings is 1. The van der Waals surface area contributed by atoms with E-state index in [9.17, 15) is 16.8 Å². The van der Waals surface area contributed by atoms with Gasteiger partial charge in [-0.2, -0.15) is 4.31 Å². The largest absolute Gasteiger partial charge is 0.264 e. The average Bonchev–Trinajstić information content (AvgIpc) is 2.68.